The van der Waals surface area contributed by atoms with Gasteiger partial charge in [-0.15, -0.1) is 0 Å². The molecule has 0 radical (unpaired) electrons. The van der Waals surface area contributed by atoms with E-state index in [9.17, 15) is 0 Å². The third kappa shape index (κ3) is 1.99. The van der Waals surface area contributed by atoms with Gasteiger partial charge >= 0.3 is 0 Å². The van der Waals surface area contributed by atoms with E-state index in [0.29, 0.717) is 23.9 Å². The Labute approximate surface area is 71.9 Å². The first-order chi connectivity index (χ1) is 5.74. The van der Waals surface area contributed by atoms with Crippen molar-refractivity contribution in [3.8, 4) is 0 Å². The number of pyridine rings is 1. The summed E-state index contributed by atoms with van der Waals surface area (Å²) in [6.07, 6.45) is 0. The van der Waals surface area contributed by atoms with E-state index in [4.69, 9.17) is 10.5 Å². The van der Waals surface area contributed by atoms with Crippen LogP contribution < -0.4 is 5.73 Å². The van der Waals surface area contributed by atoms with Gasteiger partial charge in [-0.25, -0.2) is 4.98 Å². The number of hydrogen-bond donors (Lipinski definition) is 1. The molecular weight excluding hydrogens is 152 g/mol. The van der Waals surface area contributed by atoms with Crippen LogP contribution in [0.25, 0.3) is 5.76 Å². The van der Waals surface area contributed by atoms with Gasteiger partial charge in [0.1, 0.15) is 17.3 Å². The lowest BCUT2D eigenvalue weighted by Gasteiger charge is -2.05. The first-order valence-corrected chi connectivity index (χ1v) is 3.78. The van der Waals surface area contributed by atoms with E-state index >= 15 is 0 Å². The van der Waals surface area contributed by atoms with Gasteiger partial charge in [0.2, 0.25) is 0 Å². The number of hydrogen-bond acceptors (Lipinski definition) is 3. The quantitative estimate of drug-likeness (QED) is 0.691. The predicted octanol–water partition coefficient (Wildman–Crippen LogP) is 1.67. The highest BCUT2D eigenvalue weighted by atomic mass is 16.5. The third-order valence-corrected chi connectivity index (χ3v) is 1.37. The largest absolute Gasteiger partial charge is 0.492 e. The van der Waals surface area contributed by atoms with Crippen LogP contribution in [0.15, 0.2) is 24.8 Å². The molecule has 0 unspecified atom stereocenters. The molecule has 0 atom stereocenters. The van der Waals surface area contributed by atoms with Crippen molar-refractivity contribution in [1.82, 2.24) is 4.98 Å². The van der Waals surface area contributed by atoms with Gasteiger partial charge in [0.05, 0.1) is 6.61 Å². The zero-order valence-electron chi connectivity index (χ0n) is 7.08. The lowest BCUT2D eigenvalue weighted by Crippen LogP contribution is -1.96. The van der Waals surface area contributed by atoms with Gasteiger partial charge in [0.25, 0.3) is 0 Å². The van der Waals surface area contributed by atoms with Crippen LogP contribution in [0.5, 0.6) is 0 Å². The van der Waals surface area contributed by atoms with Crippen molar-refractivity contribution in [3.05, 3.63) is 30.5 Å². The standard InChI is InChI=1S/C9H12N2O/c1-3-12-7(2)8-5-4-6-9(10)11-8/h4-6H,2-3H2,1H3,(H2,10,11). The monoisotopic (exact) mass is 164 g/mol. The average Bonchev–Trinajstić information content (AvgIpc) is 2.05. The minimum atomic E-state index is 0.480. The summed E-state index contributed by atoms with van der Waals surface area (Å²) in [6.45, 7) is 6.21. The first-order valence-electron chi connectivity index (χ1n) is 3.78. The van der Waals surface area contributed by atoms with Gasteiger partial charge < -0.3 is 10.5 Å². The Morgan fingerprint density at radius 1 is 1.67 bits per heavy atom. The predicted molar refractivity (Wildman–Crippen MR) is 49.3 cm³/mol. The molecule has 3 nitrogen and oxygen atoms in total. The third-order valence-electron chi connectivity index (χ3n) is 1.37. The Bertz CT molecular complexity index is 284. The SMILES string of the molecule is C=C(OCC)c1cccc(N)n1. The molecule has 3 heteroatoms. The van der Waals surface area contributed by atoms with Crippen molar-refractivity contribution < 1.29 is 4.74 Å². The number of nitrogens with zero attached hydrogens (tertiary/aromatic N) is 1. The number of rotatable bonds is 3. The Morgan fingerprint density at radius 2 is 2.42 bits per heavy atom. The second kappa shape index (κ2) is 3.76. The molecule has 1 aromatic heterocycles. The van der Waals surface area contributed by atoms with Crippen molar-refractivity contribution in [1.29, 1.82) is 0 Å². The number of ether oxygens (including phenoxy) is 1. The van der Waals surface area contributed by atoms with Crippen molar-refractivity contribution in [2.75, 3.05) is 12.3 Å². The Balaban J connectivity index is 2.81. The summed E-state index contributed by atoms with van der Waals surface area (Å²) in [4.78, 5) is 4.04. The van der Waals surface area contributed by atoms with Crippen LogP contribution in [0.1, 0.15) is 12.6 Å². The molecule has 64 valence electrons. The zero-order chi connectivity index (χ0) is 8.97. The van der Waals surface area contributed by atoms with Crippen molar-refractivity contribution in [2.24, 2.45) is 0 Å². The highest BCUT2D eigenvalue weighted by Gasteiger charge is 1.99. The van der Waals surface area contributed by atoms with Crippen LogP contribution in [0.3, 0.4) is 0 Å². The molecule has 0 fully saturated rings. The summed E-state index contributed by atoms with van der Waals surface area (Å²) in [6, 6.07) is 5.36. The molecule has 1 heterocycles. The molecular formula is C9H12N2O. The minimum absolute atomic E-state index is 0.480. The molecule has 0 aromatic carbocycles. The molecule has 0 bridgehead atoms. The van der Waals surface area contributed by atoms with Crippen LogP contribution in [-0.4, -0.2) is 11.6 Å². The molecule has 1 rings (SSSR count). The fourth-order valence-corrected chi connectivity index (χ4v) is 0.855. The van der Waals surface area contributed by atoms with Crippen molar-refractivity contribution >= 4 is 11.6 Å². The maximum absolute atomic E-state index is 5.48. The molecule has 0 saturated heterocycles. The molecule has 0 amide bonds. The Morgan fingerprint density at radius 3 is 3.00 bits per heavy atom. The lowest BCUT2D eigenvalue weighted by atomic mass is 10.3. The van der Waals surface area contributed by atoms with Crippen LogP contribution in [0.2, 0.25) is 0 Å². The number of nitrogens with two attached hydrogens (primary N) is 1. The molecule has 12 heavy (non-hydrogen) atoms. The van der Waals surface area contributed by atoms with Crippen LogP contribution in [0, 0.1) is 0 Å². The van der Waals surface area contributed by atoms with Gasteiger partial charge in [0.15, 0.2) is 0 Å². The highest BCUT2D eigenvalue weighted by Crippen LogP contribution is 2.11. The van der Waals surface area contributed by atoms with E-state index in [1.807, 2.05) is 19.1 Å². The number of aromatic nitrogens is 1. The minimum Gasteiger partial charge on any atom is -0.492 e. The molecule has 0 saturated carbocycles. The maximum Gasteiger partial charge on any atom is 0.137 e. The second-order valence-electron chi connectivity index (χ2n) is 2.30. The van der Waals surface area contributed by atoms with Gasteiger partial charge in [0, 0.05) is 0 Å². The normalized spacial score (nSPS) is 9.42. The van der Waals surface area contributed by atoms with E-state index in [2.05, 4.69) is 11.6 Å². The summed E-state index contributed by atoms with van der Waals surface area (Å²) in [5.41, 5.74) is 6.18. The number of anilines is 1. The van der Waals surface area contributed by atoms with Gasteiger partial charge in [-0.2, -0.15) is 0 Å². The van der Waals surface area contributed by atoms with Crippen molar-refractivity contribution in [2.45, 2.75) is 6.92 Å². The average molecular weight is 164 g/mol. The van der Waals surface area contributed by atoms with Crippen LogP contribution >= 0.6 is 0 Å². The van der Waals surface area contributed by atoms with Gasteiger partial charge in [-0.05, 0) is 19.1 Å². The molecule has 2 N–H and O–H groups in total. The summed E-state index contributed by atoms with van der Waals surface area (Å²) in [5.74, 6) is 1.04. The summed E-state index contributed by atoms with van der Waals surface area (Å²) >= 11 is 0. The number of nitrogen functional groups attached to an aromatic ring is 1. The van der Waals surface area contributed by atoms with Crippen LogP contribution in [-0.2, 0) is 4.74 Å². The van der Waals surface area contributed by atoms with E-state index in [0.717, 1.165) is 0 Å². The van der Waals surface area contributed by atoms with Gasteiger partial charge in [-0.3, -0.25) is 0 Å². The fraction of sp³-hybridized carbons (Fsp3) is 0.222. The zero-order valence-corrected chi connectivity index (χ0v) is 7.08. The molecule has 0 spiro atoms. The maximum atomic E-state index is 5.48. The van der Waals surface area contributed by atoms with Gasteiger partial charge in [-0.1, -0.05) is 12.6 Å². The summed E-state index contributed by atoms with van der Waals surface area (Å²) < 4.78 is 5.17. The van der Waals surface area contributed by atoms with Crippen molar-refractivity contribution in [3.63, 3.8) is 0 Å². The summed E-state index contributed by atoms with van der Waals surface area (Å²) in [5, 5.41) is 0. The summed E-state index contributed by atoms with van der Waals surface area (Å²) in [7, 11) is 0. The Hall–Kier alpha value is -1.51. The molecule has 0 aliphatic carbocycles. The van der Waals surface area contributed by atoms with E-state index in [1.54, 1.807) is 6.07 Å². The smallest absolute Gasteiger partial charge is 0.137 e. The second-order valence-corrected chi connectivity index (χ2v) is 2.30. The molecule has 0 aliphatic heterocycles. The lowest BCUT2D eigenvalue weighted by molar-refractivity contribution is 0.298. The molecule has 0 aliphatic rings. The Kier molecular flexibility index (Phi) is 2.69. The van der Waals surface area contributed by atoms with E-state index < -0.39 is 0 Å². The molecule has 1 aromatic rings. The highest BCUT2D eigenvalue weighted by molar-refractivity contribution is 5.55. The van der Waals surface area contributed by atoms with Crippen LogP contribution in [0.4, 0.5) is 5.82 Å². The topological polar surface area (TPSA) is 48.1 Å². The fourth-order valence-electron chi connectivity index (χ4n) is 0.855. The van der Waals surface area contributed by atoms with E-state index in [1.165, 1.54) is 0 Å². The first kappa shape index (κ1) is 8.59. The van der Waals surface area contributed by atoms with E-state index in [-0.39, 0.29) is 0 Å².